The van der Waals surface area contributed by atoms with Crippen molar-refractivity contribution in [3.05, 3.63) is 48.2 Å². The molecule has 1 aliphatic heterocycles. The zero-order chi connectivity index (χ0) is 21.9. The number of hydrogen-bond donors (Lipinski definition) is 1. The Kier molecular flexibility index (Phi) is 6.09. The monoisotopic (exact) mass is 433 g/mol. The van der Waals surface area contributed by atoms with Crippen LogP contribution in [0.2, 0.25) is 0 Å². The second kappa shape index (κ2) is 8.41. The number of pyridine rings is 1. The standard InChI is InChI=1S/C19H17F6N3O2/c20-18(21,22)13-7-9-28(10-8-13)16-6-3-14(11-26-16)27-17(29)12-1-4-15(5-2-12)30-19(23,24)25/h1-6,11,13H,7-10H2,(H,27,29). The summed E-state index contributed by atoms with van der Waals surface area (Å²) in [7, 11) is 0. The summed E-state index contributed by atoms with van der Waals surface area (Å²) in [6.07, 6.45) is -7.65. The van der Waals surface area contributed by atoms with E-state index in [1.54, 1.807) is 17.0 Å². The topological polar surface area (TPSA) is 54.5 Å². The van der Waals surface area contributed by atoms with Crippen molar-refractivity contribution in [3.63, 3.8) is 0 Å². The minimum atomic E-state index is -4.82. The lowest BCUT2D eigenvalue weighted by Gasteiger charge is -2.33. The van der Waals surface area contributed by atoms with Crippen molar-refractivity contribution < 1.29 is 35.9 Å². The molecule has 162 valence electrons. The summed E-state index contributed by atoms with van der Waals surface area (Å²) >= 11 is 0. The van der Waals surface area contributed by atoms with Gasteiger partial charge in [0.1, 0.15) is 11.6 Å². The van der Waals surface area contributed by atoms with E-state index >= 15 is 0 Å². The Morgan fingerprint density at radius 3 is 2.13 bits per heavy atom. The molecule has 5 nitrogen and oxygen atoms in total. The molecule has 0 unspecified atom stereocenters. The van der Waals surface area contributed by atoms with Crippen LogP contribution in [-0.4, -0.2) is 36.5 Å². The molecule has 1 N–H and O–H groups in total. The fourth-order valence-electron chi connectivity index (χ4n) is 3.09. The molecule has 1 saturated heterocycles. The van der Waals surface area contributed by atoms with Crippen LogP contribution in [0.1, 0.15) is 23.2 Å². The maximum Gasteiger partial charge on any atom is 0.573 e. The quantitative estimate of drug-likeness (QED) is 0.689. The smallest absolute Gasteiger partial charge is 0.406 e. The zero-order valence-electron chi connectivity index (χ0n) is 15.4. The van der Waals surface area contributed by atoms with E-state index in [2.05, 4.69) is 15.0 Å². The maximum absolute atomic E-state index is 12.7. The Labute approximate surface area is 167 Å². The van der Waals surface area contributed by atoms with E-state index < -0.39 is 30.1 Å². The van der Waals surface area contributed by atoms with Gasteiger partial charge in [-0.3, -0.25) is 4.79 Å². The number of anilines is 2. The number of nitrogens with zero attached hydrogens (tertiary/aromatic N) is 2. The molecule has 0 radical (unpaired) electrons. The fourth-order valence-corrected chi connectivity index (χ4v) is 3.09. The number of carbonyl (C=O) groups is 1. The number of piperidine rings is 1. The largest absolute Gasteiger partial charge is 0.573 e. The van der Waals surface area contributed by atoms with Gasteiger partial charge in [-0.05, 0) is 49.2 Å². The minimum absolute atomic E-state index is 0.00227. The van der Waals surface area contributed by atoms with Crippen molar-refractivity contribution in [1.29, 1.82) is 0 Å². The van der Waals surface area contributed by atoms with Gasteiger partial charge in [-0.15, -0.1) is 13.2 Å². The summed E-state index contributed by atoms with van der Waals surface area (Å²) in [4.78, 5) is 18.1. The number of halogens is 6. The van der Waals surface area contributed by atoms with Crippen LogP contribution in [0.5, 0.6) is 5.75 Å². The Bertz CT molecular complexity index is 858. The van der Waals surface area contributed by atoms with Crippen molar-refractivity contribution in [2.75, 3.05) is 23.3 Å². The summed E-state index contributed by atoms with van der Waals surface area (Å²) in [6, 6.07) is 7.55. The number of alkyl halides is 6. The van der Waals surface area contributed by atoms with E-state index in [0.29, 0.717) is 11.5 Å². The molecule has 2 heterocycles. The summed E-state index contributed by atoms with van der Waals surface area (Å²) in [5, 5.41) is 2.55. The molecule has 30 heavy (non-hydrogen) atoms. The Balaban J connectivity index is 1.56. The van der Waals surface area contributed by atoms with Crippen LogP contribution in [0.25, 0.3) is 0 Å². The molecule has 0 aliphatic carbocycles. The molecule has 0 atom stereocenters. The van der Waals surface area contributed by atoms with Crippen LogP contribution in [-0.2, 0) is 0 Å². The first kappa shape index (κ1) is 21.7. The molecule has 3 rings (SSSR count). The van der Waals surface area contributed by atoms with Crippen LogP contribution in [0.3, 0.4) is 0 Å². The Morgan fingerprint density at radius 1 is 1.00 bits per heavy atom. The molecule has 1 aromatic heterocycles. The van der Waals surface area contributed by atoms with Gasteiger partial charge in [-0.2, -0.15) is 13.2 Å². The molecular formula is C19H17F6N3O2. The van der Waals surface area contributed by atoms with Gasteiger partial charge in [0.2, 0.25) is 0 Å². The van der Waals surface area contributed by atoms with E-state index in [1.807, 2.05) is 0 Å². The minimum Gasteiger partial charge on any atom is -0.406 e. The maximum atomic E-state index is 12.7. The molecule has 1 fully saturated rings. The predicted octanol–water partition coefficient (Wildman–Crippen LogP) is 5.01. The van der Waals surface area contributed by atoms with Crippen molar-refractivity contribution in [1.82, 2.24) is 4.98 Å². The lowest BCUT2D eigenvalue weighted by atomic mass is 9.96. The highest BCUT2D eigenvalue weighted by molar-refractivity contribution is 6.04. The van der Waals surface area contributed by atoms with E-state index in [0.717, 1.165) is 12.1 Å². The van der Waals surface area contributed by atoms with E-state index in [-0.39, 0.29) is 31.5 Å². The highest BCUT2D eigenvalue weighted by atomic mass is 19.4. The first-order valence-electron chi connectivity index (χ1n) is 8.96. The summed E-state index contributed by atoms with van der Waals surface area (Å²) in [5.41, 5.74) is 0.451. The van der Waals surface area contributed by atoms with Gasteiger partial charge < -0.3 is 15.0 Å². The van der Waals surface area contributed by atoms with E-state index in [4.69, 9.17) is 0 Å². The van der Waals surface area contributed by atoms with Gasteiger partial charge in [0.15, 0.2) is 0 Å². The SMILES string of the molecule is O=C(Nc1ccc(N2CCC(C(F)(F)F)CC2)nc1)c1ccc(OC(F)(F)F)cc1. The van der Waals surface area contributed by atoms with Crippen LogP contribution >= 0.6 is 0 Å². The second-order valence-electron chi connectivity index (χ2n) is 6.73. The molecule has 1 amide bonds. The number of hydrogen-bond acceptors (Lipinski definition) is 4. The first-order chi connectivity index (χ1) is 14.0. The van der Waals surface area contributed by atoms with Crippen LogP contribution in [0.4, 0.5) is 37.8 Å². The van der Waals surface area contributed by atoms with Crippen LogP contribution < -0.4 is 15.0 Å². The number of rotatable bonds is 4. The molecular weight excluding hydrogens is 416 g/mol. The third kappa shape index (κ3) is 5.77. The van der Waals surface area contributed by atoms with Gasteiger partial charge in [0.05, 0.1) is 17.8 Å². The summed E-state index contributed by atoms with van der Waals surface area (Å²) in [6.45, 7) is 0.463. The Morgan fingerprint density at radius 2 is 1.63 bits per heavy atom. The number of benzene rings is 1. The van der Waals surface area contributed by atoms with Crippen molar-refractivity contribution in [2.45, 2.75) is 25.4 Å². The average molecular weight is 433 g/mol. The average Bonchev–Trinajstić information content (AvgIpc) is 2.67. The number of nitrogens with one attached hydrogen (secondary N) is 1. The number of carbonyl (C=O) groups excluding carboxylic acids is 1. The third-order valence-electron chi connectivity index (χ3n) is 4.64. The van der Waals surface area contributed by atoms with E-state index in [1.165, 1.54) is 18.3 Å². The first-order valence-corrected chi connectivity index (χ1v) is 8.96. The summed E-state index contributed by atoms with van der Waals surface area (Å²) in [5.74, 6) is -1.81. The highest BCUT2D eigenvalue weighted by Crippen LogP contribution is 2.35. The molecule has 0 spiro atoms. The van der Waals surface area contributed by atoms with Gasteiger partial charge in [-0.25, -0.2) is 4.98 Å². The third-order valence-corrected chi connectivity index (χ3v) is 4.64. The van der Waals surface area contributed by atoms with Crippen LogP contribution in [0, 0.1) is 5.92 Å². The lowest BCUT2D eigenvalue weighted by Crippen LogP contribution is -2.39. The Hall–Kier alpha value is -2.98. The normalized spacial score (nSPS) is 15.7. The fraction of sp³-hybridized carbons (Fsp3) is 0.368. The number of aromatic nitrogens is 1. The van der Waals surface area contributed by atoms with Crippen molar-refractivity contribution >= 4 is 17.4 Å². The predicted molar refractivity (Wildman–Crippen MR) is 96.3 cm³/mol. The van der Waals surface area contributed by atoms with Gasteiger partial charge in [-0.1, -0.05) is 0 Å². The van der Waals surface area contributed by atoms with Crippen LogP contribution in [0.15, 0.2) is 42.6 Å². The molecule has 11 heteroatoms. The summed E-state index contributed by atoms with van der Waals surface area (Å²) < 4.78 is 78.5. The number of ether oxygens (including phenoxy) is 1. The molecule has 2 aromatic rings. The molecule has 0 saturated carbocycles. The second-order valence-corrected chi connectivity index (χ2v) is 6.73. The van der Waals surface area contributed by atoms with Gasteiger partial charge >= 0.3 is 12.5 Å². The molecule has 1 aliphatic rings. The van der Waals surface area contributed by atoms with E-state index in [9.17, 15) is 31.1 Å². The lowest BCUT2D eigenvalue weighted by molar-refractivity contribution is -0.274. The van der Waals surface area contributed by atoms with Gasteiger partial charge in [0, 0.05) is 18.7 Å². The molecule has 1 aromatic carbocycles. The number of amides is 1. The van der Waals surface area contributed by atoms with Gasteiger partial charge in [0.25, 0.3) is 5.91 Å². The van der Waals surface area contributed by atoms with Crippen molar-refractivity contribution in [2.24, 2.45) is 5.92 Å². The molecule has 0 bridgehead atoms. The van der Waals surface area contributed by atoms with Crippen molar-refractivity contribution in [3.8, 4) is 5.75 Å². The zero-order valence-corrected chi connectivity index (χ0v) is 15.4. The highest BCUT2D eigenvalue weighted by Gasteiger charge is 2.41.